The van der Waals surface area contributed by atoms with E-state index in [9.17, 15) is 13.5 Å². The predicted octanol–water partition coefficient (Wildman–Crippen LogP) is 1.44. The molecule has 0 aliphatic carbocycles. The molecule has 3 aromatic rings. The van der Waals surface area contributed by atoms with E-state index in [1.54, 1.807) is 13.0 Å². The van der Waals surface area contributed by atoms with Crippen LogP contribution in [0.5, 0.6) is 0 Å². The van der Waals surface area contributed by atoms with Gasteiger partial charge in [0, 0.05) is 19.0 Å². The van der Waals surface area contributed by atoms with Gasteiger partial charge in [-0.3, -0.25) is 0 Å². The van der Waals surface area contributed by atoms with Crippen LogP contribution >= 0.6 is 0 Å². The van der Waals surface area contributed by atoms with Crippen molar-refractivity contribution < 1.29 is 17.9 Å². The molecular weight excluding hydrogens is 396 g/mol. The summed E-state index contributed by atoms with van der Waals surface area (Å²) in [6.45, 7) is 6.37. The highest BCUT2D eigenvalue weighted by Crippen LogP contribution is 2.28. The van der Waals surface area contributed by atoms with Crippen LogP contribution in [0.1, 0.15) is 25.3 Å². The number of aryl methyl sites for hydroxylation is 2. The molecule has 29 heavy (non-hydrogen) atoms. The summed E-state index contributed by atoms with van der Waals surface area (Å²) in [6.07, 6.45) is 1.45. The fourth-order valence-corrected chi connectivity index (χ4v) is 3.71. The molecular formula is C18H22N6O4S. The van der Waals surface area contributed by atoms with Gasteiger partial charge in [-0.1, -0.05) is 6.07 Å². The second-order valence-corrected chi connectivity index (χ2v) is 9.00. The largest absolute Gasteiger partial charge is 0.420 e. The van der Waals surface area contributed by atoms with E-state index in [0.29, 0.717) is 17.1 Å². The van der Waals surface area contributed by atoms with Crippen LogP contribution in [0.25, 0.3) is 22.8 Å². The number of aromatic nitrogens is 4. The number of sulfonamides is 1. The van der Waals surface area contributed by atoms with Crippen molar-refractivity contribution in [2.45, 2.75) is 38.2 Å². The Balaban J connectivity index is 2.03. The van der Waals surface area contributed by atoms with Gasteiger partial charge >= 0.3 is 0 Å². The Morgan fingerprint density at radius 1 is 1.24 bits per heavy atom. The third-order valence-corrected chi connectivity index (χ3v) is 5.42. The van der Waals surface area contributed by atoms with E-state index in [4.69, 9.17) is 10.2 Å². The predicted molar refractivity (Wildman–Crippen MR) is 106 cm³/mol. The van der Waals surface area contributed by atoms with E-state index < -0.39 is 15.6 Å². The molecule has 1 aromatic carbocycles. The maximum atomic E-state index is 12.6. The Bertz CT molecular complexity index is 1150. The molecule has 0 bridgehead atoms. The first-order chi connectivity index (χ1) is 13.5. The highest BCUT2D eigenvalue weighted by atomic mass is 32.2. The summed E-state index contributed by atoms with van der Waals surface area (Å²) in [4.78, 5) is 8.63. The van der Waals surface area contributed by atoms with Gasteiger partial charge in [0.15, 0.2) is 11.5 Å². The number of rotatable bonds is 6. The second-order valence-electron chi connectivity index (χ2n) is 7.23. The van der Waals surface area contributed by atoms with Gasteiger partial charge in [0.2, 0.25) is 15.9 Å². The van der Waals surface area contributed by atoms with Crippen molar-refractivity contribution >= 4 is 15.8 Å². The fourth-order valence-electron chi connectivity index (χ4n) is 2.48. The number of nitrogens with two attached hydrogens (primary N) is 1. The highest BCUT2D eigenvalue weighted by Gasteiger charge is 2.21. The summed E-state index contributed by atoms with van der Waals surface area (Å²) in [6, 6.07) is 4.65. The number of nitrogens with one attached hydrogen (secondary N) is 1. The van der Waals surface area contributed by atoms with Gasteiger partial charge in [-0.15, -0.1) is 10.2 Å². The molecule has 2 heterocycles. The van der Waals surface area contributed by atoms with E-state index in [-0.39, 0.29) is 28.8 Å². The van der Waals surface area contributed by atoms with Crippen molar-refractivity contribution in [2.75, 3.05) is 12.3 Å². The minimum atomic E-state index is -3.83. The Kier molecular flexibility index (Phi) is 5.39. The third-order valence-electron chi connectivity index (χ3n) is 4.02. The number of aliphatic hydroxyl groups is 1. The lowest BCUT2D eigenvalue weighted by Crippen LogP contribution is -2.38. The number of anilines is 1. The zero-order valence-electron chi connectivity index (χ0n) is 16.5. The molecule has 10 nitrogen and oxygen atoms in total. The molecule has 4 N–H and O–H groups in total. The lowest BCUT2D eigenvalue weighted by Gasteiger charge is -2.18. The third kappa shape index (κ3) is 4.75. The SMILES string of the molecule is Cc1nnc(-c2nc(-c3cc(S(=O)(=O)NCC(C)(C)O)ccc3C)cnc2N)o1. The molecule has 0 unspecified atom stereocenters. The summed E-state index contributed by atoms with van der Waals surface area (Å²) >= 11 is 0. The van der Waals surface area contributed by atoms with Crippen molar-refractivity contribution in [3.63, 3.8) is 0 Å². The van der Waals surface area contributed by atoms with E-state index in [1.165, 1.54) is 32.2 Å². The summed E-state index contributed by atoms with van der Waals surface area (Å²) in [5, 5.41) is 17.5. The van der Waals surface area contributed by atoms with Crippen molar-refractivity contribution in [1.29, 1.82) is 0 Å². The molecule has 0 aliphatic heterocycles. The van der Waals surface area contributed by atoms with Gasteiger partial charge in [0.05, 0.1) is 22.4 Å². The first kappa shape index (κ1) is 20.8. The minimum Gasteiger partial charge on any atom is -0.420 e. The van der Waals surface area contributed by atoms with Gasteiger partial charge in [-0.2, -0.15) is 0 Å². The minimum absolute atomic E-state index is 0.0381. The molecule has 0 amide bonds. The molecule has 11 heteroatoms. The smallest absolute Gasteiger partial charge is 0.270 e. The van der Waals surface area contributed by atoms with E-state index in [0.717, 1.165) is 5.56 Å². The average Bonchev–Trinajstić information content (AvgIpc) is 3.06. The molecule has 154 valence electrons. The van der Waals surface area contributed by atoms with E-state index in [1.807, 2.05) is 6.92 Å². The Hall–Kier alpha value is -2.89. The van der Waals surface area contributed by atoms with Crippen LogP contribution in [-0.2, 0) is 10.0 Å². The second kappa shape index (κ2) is 7.50. The lowest BCUT2D eigenvalue weighted by atomic mass is 10.1. The van der Waals surface area contributed by atoms with Gasteiger partial charge in [0.1, 0.15) is 0 Å². The number of hydrogen-bond acceptors (Lipinski definition) is 9. The standard InChI is InChI=1S/C18H22N6O4S/c1-10-5-6-12(29(26,27)21-9-18(3,4)25)7-13(10)14-8-20-16(19)15(22-14)17-24-23-11(2)28-17/h5-8,21,25H,9H2,1-4H3,(H2,19,20). The van der Waals surface area contributed by atoms with Crippen molar-refractivity contribution in [1.82, 2.24) is 24.9 Å². The maximum Gasteiger partial charge on any atom is 0.270 e. The Labute approximate surface area is 168 Å². The zero-order valence-corrected chi connectivity index (χ0v) is 17.3. The fraction of sp³-hybridized carbons (Fsp3) is 0.333. The number of hydrogen-bond donors (Lipinski definition) is 3. The van der Waals surface area contributed by atoms with E-state index >= 15 is 0 Å². The molecule has 0 radical (unpaired) electrons. The number of nitrogens with zero attached hydrogens (tertiary/aromatic N) is 4. The van der Waals surface area contributed by atoms with Crippen molar-refractivity contribution in [3.05, 3.63) is 35.9 Å². The molecule has 2 aromatic heterocycles. The maximum absolute atomic E-state index is 12.6. The topological polar surface area (TPSA) is 157 Å². The average molecular weight is 418 g/mol. The summed E-state index contributed by atoms with van der Waals surface area (Å²) in [7, 11) is -3.83. The quantitative estimate of drug-likeness (QED) is 0.538. The van der Waals surface area contributed by atoms with Crippen LogP contribution in [0.15, 0.2) is 33.7 Å². The Morgan fingerprint density at radius 2 is 1.97 bits per heavy atom. The van der Waals surface area contributed by atoms with Crippen LogP contribution < -0.4 is 10.5 Å². The molecule has 0 saturated heterocycles. The van der Waals surface area contributed by atoms with Gasteiger partial charge in [-0.05, 0) is 38.5 Å². The number of nitrogen functional groups attached to an aromatic ring is 1. The molecule has 3 rings (SSSR count). The molecule has 0 spiro atoms. The van der Waals surface area contributed by atoms with Crippen LogP contribution in [-0.4, -0.2) is 45.8 Å². The van der Waals surface area contributed by atoms with Crippen molar-refractivity contribution in [2.24, 2.45) is 0 Å². The van der Waals surface area contributed by atoms with Gasteiger partial charge in [0.25, 0.3) is 5.89 Å². The lowest BCUT2D eigenvalue weighted by molar-refractivity contribution is 0.0857. The monoisotopic (exact) mass is 418 g/mol. The number of benzene rings is 1. The summed E-state index contributed by atoms with van der Waals surface area (Å²) in [5.41, 5.74) is 6.68. The van der Waals surface area contributed by atoms with E-state index in [2.05, 4.69) is 24.9 Å². The summed E-state index contributed by atoms with van der Waals surface area (Å²) in [5.74, 6) is 0.599. The molecule has 0 saturated carbocycles. The van der Waals surface area contributed by atoms with Crippen LogP contribution in [0.3, 0.4) is 0 Å². The van der Waals surface area contributed by atoms with Crippen LogP contribution in [0.4, 0.5) is 5.82 Å². The van der Waals surface area contributed by atoms with Gasteiger partial charge < -0.3 is 15.3 Å². The highest BCUT2D eigenvalue weighted by molar-refractivity contribution is 7.89. The van der Waals surface area contributed by atoms with Crippen molar-refractivity contribution in [3.8, 4) is 22.8 Å². The van der Waals surface area contributed by atoms with Crippen LogP contribution in [0.2, 0.25) is 0 Å². The Morgan fingerprint density at radius 3 is 2.59 bits per heavy atom. The molecule has 0 aliphatic rings. The summed E-state index contributed by atoms with van der Waals surface area (Å²) < 4.78 is 33.0. The molecule has 0 fully saturated rings. The van der Waals surface area contributed by atoms with Crippen LogP contribution in [0, 0.1) is 13.8 Å². The normalized spacial score (nSPS) is 12.3. The molecule has 0 atom stereocenters. The first-order valence-corrected chi connectivity index (χ1v) is 10.2. The zero-order chi connectivity index (χ0) is 21.4. The van der Waals surface area contributed by atoms with Gasteiger partial charge in [-0.25, -0.2) is 23.1 Å². The first-order valence-electron chi connectivity index (χ1n) is 8.72.